The largest absolute Gasteiger partial charge is 0.456 e. The Bertz CT molecular complexity index is 457. The van der Waals surface area contributed by atoms with Crippen molar-refractivity contribution in [2.75, 3.05) is 25.5 Å². The van der Waals surface area contributed by atoms with Gasteiger partial charge >= 0.3 is 0 Å². The maximum absolute atomic E-state index is 12.6. The van der Waals surface area contributed by atoms with Gasteiger partial charge in [-0.15, -0.1) is 0 Å². The Morgan fingerprint density at radius 3 is 3.21 bits per heavy atom. The van der Waals surface area contributed by atoms with Crippen molar-refractivity contribution in [1.82, 2.24) is 4.90 Å². The predicted octanol–water partition coefficient (Wildman–Crippen LogP) is 2.19. The van der Waals surface area contributed by atoms with Crippen molar-refractivity contribution in [2.45, 2.75) is 31.1 Å². The summed E-state index contributed by atoms with van der Waals surface area (Å²) in [7, 11) is 0. The van der Waals surface area contributed by atoms with Crippen LogP contribution in [0.15, 0.2) is 16.5 Å². The zero-order valence-corrected chi connectivity index (χ0v) is 11.9. The van der Waals surface area contributed by atoms with E-state index in [2.05, 4.69) is 0 Å². The molecule has 0 radical (unpaired) electrons. The van der Waals surface area contributed by atoms with Gasteiger partial charge in [0.15, 0.2) is 5.76 Å². The highest BCUT2D eigenvalue weighted by atomic mass is 32.2. The summed E-state index contributed by atoms with van der Waals surface area (Å²) in [4.78, 5) is 14.6. The third-order valence-electron chi connectivity index (χ3n) is 3.82. The second kappa shape index (κ2) is 5.59. The van der Waals surface area contributed by atoms with Gasteiger partial charge in [-0.05, 0) is 18.6 Å². The van der Waals surface area contributed by atoms with Crippen LogP contribution in [0.25, 0.3) is 0 Å². The zero-order valence-electron chi connectivity index (χ0n) is 11.1. The lowest BCUT2D eigenvalue weighted by molar-refractivity contribution is 0.0300. The highest BCUT2D eigenvalue weighted by Crippen LogP contribution is 2.31. The molecule has 3 rings (SSSR count). The first-order chi connectivity index (χ1) is 9.29. The van der Waals surface area contributed by atoms with Crippen LogP contribution in [-0.2, 0) is 11.2 Å². The second-order valence-corrected chi connectivity index (χ2v) is 6.31. The molecule has 1 aromatic heterocycles. The third-order valence-corrected chi connectivity index (χ3v) is 5.11. The van der Waals surface area contributed by atoms with Crippen molar-refractivity contribution < 1.29 is 13.9 Å². The Morgan fingerprint density at radius 2 is 2.42 bits per heavy atom. The van der Waals surface area contributed by atoms with Gasteiger partial charge in [-0.3, -0.25) is 4.79 Å². The number of thioether (sulfide) groups is 1. The summed E-state index contributed by atoms with van der Waals surface area (Å²) in [6, 6.07) is 4.00. The monoisotopic (exact) mass is 281 g/mol. The minimum atomic E-state index is 0.0388. The molecule has 4 nitrogen and oxygen atoms in total. The van der Waals surface area contributed by atoms with E-state index in [1.54, 1.807) is 6.07 Å². The molecule has 2 saturated heterocycles. The van der Waals surface area contributed by atoms with E-state index in [0.29, 0.717) is 17.1 Å². The zero-order chi connectivity index (χ0) is 13.2. The fraction of sp³-hybridized carbons (Fsp3) is 0.643. The Kier molecular flexibility index (Phi) is 3.84. The second-order valence-electron chi connectivity index (χ2n) is 4.96. The van der Waals surface area contributed by atoms with Crippen molar-refractivity contribution in [1.29, 1.82) is 0 Å². The van der Waals surface area contributed by atoms with Gasteiger partial charge in [0, 0.05) is 36.6 Å². The van der Waals surface area contributed by atoms with Crippen LogP contribution in [0.3, 0.4) is 0 Å². The quantitative estimate of drug-likeness (QED) is 0.833. The van der Waals surface area contributed by atoms with E-state index in [4.69, 9.17) is 9.15 Å². The van der Waals surface area contributed by atoms with Crippen LogP contribution in [-0.4, -0.2) is 47.6 Å². The molecule has 2 fully saturated rings. The number of amides is 1. The summed E-state index contributed by atoms with van der Waals surface area (Å²) in [5, 5.41) is 0.423. The third kappa shape index (κ3) is 2.54. The van der Waals surface area contributed by atoms with Gasteiger partial charge in [0.2, 0.25) is 0 Å². The van der Waals surface area contributed by atoms with Crippen LogP contribution in [0.4, 0.5) is 0 Å². The molecule has 5 heteroatoms. The molecule has 2 atom stereocenters. The van der Waals surface area contributed by atoms with E-state index in [1.165, 1.54) is 0 Å². The number of carbonyl (C=O) groups is 1. The van der Waals surface area contributed by atoms with Crippen molar-refractivity contribution in [3.05, 3.63) is 23.7 Å². The van der Waals surface area contributed by atoms with Crippen LogP contribution in [0.5, 0.6) is 0 Å². The van der Waals surface area contributed by atoms with E-state index in [1.807, 2.05) is 29.7 Å². The molecule has 0 spiro atoms. The number of hydrogen-bond donors (Lipinski definition) is 0. The molecule has 1 amide bonds. The SMILES string of the molecule is CCc1ccc(C(=O)N2CCSC3COCCC32)o1. The molecule has 2 unspecified atom stereocenters. The van der Waals surface area contributed by atoms with E-state index in [-0.39, 0.29) is 5.91 Å². The first kappa shape index (κ1) is 13.1. The molecule has 2 aliphatic heterocycles. The maximum atomic E-state index is 12.6. The van der Waals surface area contributed by atoms with E-state index in [0.717, 1.165) is 44.1 Å². The minimum absolute atomic E-state index is 0.0388. The van der Waals surface area contributed by atoms with E-state index >= 15 is 0 Å². The van der Waals surface area contributed by atoms with Crippen LogP contribution >= 0.6 is 11.8 Å². The van der Waals surface area contributed by atoms with Crippen LogP contribution in [0.2, 0.25) is 0 Å². The van der Waals surface area contributed by atoms with Gasteiger partial charge in [0.05, 0.1) is 6.61 Å². The predicted molar refractivity (Wildman–Crippen MR) is 74.6 cm³/mol. The Balaban J connectivity index is 1.77. The molecule has 0 bridgehead atoms. The van der Waals surface area contributed by atoms with Crippen molar-refractivity contribution in [3.8, 4) is 0 Å². The molecular weight excluding hydrogens is 262 g/mol. The number of carbonyl (C=O) groups excluding carboxylic acids is 1. The topological polar surface area (TPSA) is 42.7 Å². The number of furan rings is 1. The lowest BCUT2D eigenvalue weighted by atomic mass is 10.1. The van der Waals surface area contributed by atoms with Crippen LogP contribution in [0, 0.1) is 0 Å². The molecule has 3 heterocycles. The molecule has 1 aromatic rings. The van der Waals surface area contributed by atoms with Crippen molar-refractivity contribution in [2.24, 2.45) is 0 Å². The standard InChI is InChI=1S/C14H19NO3S/c1-2-10-3-4-12(18-10)14(16)15-6-8-19-13-9-17-7-5-11(13)15/h3-4,11,13H,2,5-9H2,1H3. The number of hydrogen-bond acceptors (Lipinski definition) is 4. The van der Waals surface area contributed by atoms with E-state index < -0.39 is 0 Å². The molecule has 104 valence electrons. The summed E-state index contributed by atoms with van der Waals surface area (Å²) < 4.78 is 11.1. The lowest BCUT2D eigenvalue weighted by Gasteiger charge is -2.42. The van der Waals surface area contributed by atoms with Gasteiger partial charge in [-0.2, -0.15) is 11.8 Å². The number of fused-ring (bicyclic) bond motifs is 1. The van der Waals surface area contributed by atoms with Gasteiger partial charge < -0.3 is 14.1 Å². The average Bonchev–Trinajstić information content (AvgIpc) is 2.95. The number of ether oxygens (including phenoxy) is 1. The molecule has 0 aliphatic carbocycles. The first-order valence-electron chi connectivity index (χ1n) is 6.88. The number of aryl methyl sites for hydroxylation is 1. The molecule has 0 aromatic carbocycles. The summed E-state index contributed by atoms with van der Waals surface area (Å²) >= 11 is 1.92. The number of rotatable bonds is 2. The van der Waals surface area contributed by atoms with Crippen molar-refractivity contribution in [3.63, 3.8) is 0 Å². The Morgan fingerprint density at radius 1 is 1.53 bits per heavy atom. The van der Waals surface area contributed by atoms with Gasteiger partial charge in [-0.1, -0.05) is 6.92 Å². The van der Waals surface area contributed by atoms with Gasteiger partial charge in [0.1, 0.15) is 5.76 Å². The molecular formula is C14H19NO3S. The Hall–Kier alpha value is -0.940. The smallest absolute Gasteiger partial charge is 0.289 e. The van der Waals surface area contributed by atoms with E-state index in [9.17, 15) is 4.79 Å². The fourth-order valence-electron chi connectivity index (χ4n) is 2.76. The lowest BCUT2D eigenvalue weighted by Crippen LogP contribution is -2.54. The first-order valence-corrected chi connectivity index (χ1v) is 7.93. The maximum Gasteiger partial charge on any atom is 0.289 e. The normalized spacial score (nSPS) is 27.1. The highest BCUT2D eigenvalue weighted by molar-refractivity contribution is 8.00. The summed E-state index contributed by atoms with van der Waals surface area (Å²) in [5.41, 5.74) is 0. The molecule has 19 heavy (non-hydrogen) atoms. The minimum Gasteiger partial charge on any atom is -0.456 e. The molecule has 0 saturated carbocycles. The average molecular weight is 281 g/mol. The highest BCUT2D eigenvalue weighted by Gasteiger charge is 2.37. The molecule has 0 N–H and O–H groups in total. The fourth-order valence-corrected chi connectivity index (χ4v) is 4.06. The number of nitrogens with zero attached hydrogens (tertiary/aromatic N) is 1. The van der Waals surface area contributed by atoms with Gasteiger partial charge in [-0.25, -0.2) is 0 Å². The van der Waals surface area contributed by atoms with Gasteiger partial charge in [0.25, 0.3) is 5.91 Å². The Labute approximate surface area is 117 Å². The van der Waals surface area contributed by atoms with Crippen LogP contribution in [0.1, 0.15) is 29.7 Å². The summed E-state index contributed by atoms with van der Waals surface area (Å²) in [6.45, 7) is 4.35. The van der Waals surface area contributed by atoms with Crippen molar-refractivity contribution >= 4 is 17.7 Å². The summed E-state index contributed by atoms with van der Waals surface area (Å²) in [5.74, 6) is 2.38. The molecule has 2 aliphatic rings. The van der Waals surface area contributed by atoms with Crippen LogP contribution < -0.4 is 0 Å². The summed E-state index contributed by atoms with van der Waals surface area (Å²) in [6.07, 6.45) is 1.76.